The zero-order valence-electron chi connectivity index (χ0n) is 20.7. The van der Waals surface area contributed by atoms with Crippen LogP contribution in [0.1, 0.15) is 56.0 Å². The number of hydrogen-bond donors (Lipinski definition) is 1. The van der Waals surface area contributed by atoms with Gasteiger partial charge in [-0.3, -0.25) is 9.59 Å². The predicted molar refractivity (Wildman–Crippen MR) is 134 cm³/mol. The number of amides is 2. The molecule has 1 saturated carbocycles. The van der Waals surface area contributed by atoms with Gasteiger partial charge in [0, 0.05) is 49.5 Å². The van der Waals surface area contributed by atoms with Crippen LogP contribution in [0.5, 0.6) is 5.75 Å². The maximum Gasteiger partial charge on any atom is 0.254 e. The van der Waals surface area contributed by atoms with E-state index < -0.39 is 0 Å². The summed E-state index contributed by atoms with van der Waals surface area (Å²) in [7, 11) is 5.60. The molecule has 0 heterocycles. The molecule has 0 aliphatic heterocycles. The Balaban J connectivity index is 1.91. The lowest BCUT2D eigenvalue weighted by Crippen LogP contribution is -2.41. The molecule has 1 fully saturated rings. The number of hydrogen-bond acceptors (Lipinski definition) is 4. The molecule has 2 aromatic carbocycles. The molecule has 1 aliphatic rings. The Labute approximate surface area is 197 Å². The molecule has 0 radical (unpaired) electrons. The molecule has 33 heavy (non-hydrogen) atoms. The van der Waals surface area contributed by atoms with Gasteiger partial charge < -0.3 is 19.9 Å². The van der Waals surface area contributed by atoms with E-state index in [9.17, 15) is 9.59 Å². The van der Waals surface area contributed by atoms with Crippen molar-refractivity contribution < 1.29 is 14.3 Å². The summed E-state index contributed by atoms with van der Waals surface area (Å²) in [5, 5.41) is 3.07. The standard InChI is InChI=1S/C27H37N3O3/c1-18(2)19(3)30(27(32)21-10-13-24(33-6)14-11-21)17-22-16-23(12-15-25(22)29(4)5)28-26(31)20-8-7-9-20/h10-16,18-20H,7-9,17H2,1-6H3,(H,28,31). The number of nitrogens with one attached hydrogen (secondary N) is 1. The van der Waals surface area contributed by atoms with E-state index in [2.05, 4.69) is 26.1 Å². The van der Waals surface area contributed by atoms with Crippen LogP contribution in [0, 0.1) is 11.8 Å². The monoisotopic (exact) mass is 451 g/mol. The van der Waals surface area contributed by atoms with E-state index in [1.807, 2.05) is 66.4 Å². The number of rotatable bonds is 9. The van der Waals surface area contributed by atoms with Crippen molar-refractivity contribution in [2.24, 2.45) is 11.8 Å². The molecule has 6 heteroatoms. The normalized spacial score (nSPS) is 14.4. The van der Waals surface area contributed by atoms with Crippen molar-refractivity contribution in [3.05, 3.63) is 53.6 Å². The number of benzene rings is 2. The first-order chi connectivity index (χ1) is 15.7. The Morgan fingerprint density at radius 1 is 1.06 bits per heavy atom. The zero-order chi connectivity index (χ0) is 24.1. The molecule has 3 rings (SSSR count). The van der Waals surface area contributed by atoms with Crippen LogP contribution >= 0.6 is 0 Å². The van der Waals surface area contributed by atoms with Gasteiger partial charge in [-0.05, 0) is 73.7 Å². The highest BCUT2D eigenvalue weighted by Gasteiger charge is 2.27. The smallest absolute Gasteiger partial charge is 0.254 e. The zero-order valence-corrected chi connectivity index (χ0v) is 20.7. The van der Waals surface area contributed by atoms with Gasteiger partial charge in [0.25, 0.3) is 5.91 Å². The van der Waals surface area contributed by atoms with Gasteiger partial charge in [-0.25, -0.2) is 0 Å². The fraction of sp³-hybridized carbons (Fsp3) is 0.481. The van der Waals surface area contributed by atoms with Gasteiger partial charge in [0.2, 0.25) is 5.91 Å². The average Bonchev–Trinajstić information content (AvgIpc) is 2.75. The Kier molecular flexibility index (Phi) is 8.01. The van der Waals surface area contributed by atoms with E-state index in [4.69, 9.17) is 4.74 Å². The van der Waals surface area contributed by atoms with Gasteiger partial charge in [0.05, 0.1) is 7.11 Å². The Morgan fingerprint density at radius 3 is 2.24 bits per heavy atom. The molecule has 1 atom stereocenters. The maximum atomic E-state index is 13.6. The molecule has 6 nitrogen and oxygen atoms in total. The first-order valence-electron chi connectivity index (χ1n) is 11.8. The van der Waals surface area contributed by atoms with E-state index in [1.54, 1.807) is 7.11 Å². The van der Waals surface area contributed by atoms with Crippen LogP contribution in [-0.2, 0) is 11.3 Å². The fourth-order valence-corrected chi connectivity index (χ4v) is 3.98. The van der Waals surface area contributed by atoms with E-state index in [-0.39, 0.29) is 29.7 Å². The van der Waals surface area contributed by atoms with Crippen molar-refractivity contribution in [2.75, 3.05) is 31.4 Å². The average molecular weight is 452 g/mol. The lowest BCUT2D eigenvalue weighted by molar-refractivity contribution is -0.122. The summed E-state index contributed by atoms with van der Waals surface area (Å²) in [6.07, 6.45) is 3.05. The van der Waals surface area contributed by atoms with Crippen molar-refractivity contribution in [3.63, 3.8) is 0 Å². The van der Waals surface area contributed by atoms with Crippen LogP contribution < -0.4 is 15.0 Å². The summed E-state index contributed by atoms with van der Waals surface area (Å²) in [6.45, 7) is 6.79. The van der Waals surface area contributed by atoms with Gasteiger partial charge >= 0.3 is 0 Å². The largest absolute Gasteiger partial charge is 0.497 e. The van der Waals surface area contributed by atoms with Crippen LogP contribution in [0.15, 0.2) is 42.5 Å². The number of carbonyl (C=O) groups excluding carboxylic acids is 2. The number of anilines is 2. The quantitative estimate of drug-likeness (QED) is 0.570. The third kappa shape index (κ3) is 5.86. The van der Waals surface area contributed by atoms with Crippen LogP contribution in [0.25, 0.3) is 0 Å². The second-order valence-electron chi connectivity index (χ2n) is 9.50. The van der Waals surface area contributed by atoms with Crippen molar-refractivity contribution >= 4 is 23.2 Å². The number of carbonyl (C=O) groups is 2. The summed E-state index contributed by atoms with van der Waals surface area (Å²) < 4.78 is 5.24. The molecule has 1 unspecified atom stereocenters. The molecule has 0 bridgehead atoms. The SMILES string of the molecule is COc1ccc(C(=O)N(Cc2cc(NC(=O)C3CCC3)ccc2N(C)C)C(C)C(C)C)cc1. The minimum atomic E-state index is -0.0209. The van der Waals surface area contributed by atoms with Crippen molar-refractivity contribution in [1.29, 1.82) is 0 Å². The molecule has 2 aromatic rings. The van der Waals surface area contributed by atoms with Crippen LogP contribution in [0.4, 0.5) is 11.4 Å². The molecule has 0 aromatic heterocycles. The Bertz CT molecular complexity index is 965. The highest BCUT2D eigenvalue weighted by Crippen LogP contribution is 2.30. The van der Waals surface area contributed by atoms with Crippen LogP contribution in [0.2, 0.25) is 0 Å². The molecule has 1 N–H and O–H groups in total. The first-order valence-corrected chi connectivity index (χ1v) is 11.8. The predicted octanol–water partition coefficient (Wildman–Crippen LogP) is 5.19. The minimum absolute atomic E-state index is 0.0209. The van der Waals surface area contributed by atoms with Gasteiger partial charge in [-0.15, -0.1) is 0 Å². The Hall–Kier alpha value is -3.02. The van der Waals surface area contributed by atoms with Gasteiger partial charge in [0.1, 0.15) is 5.75 Å². The summed E-state index contributed by atoms with van der Waals surface area (Å²) >= 11 is 0. The summed E-state index contributed by atoms with van der Waals surface area (Å²) in [6, 6.07) is 13.2. The summed E-state index contributed by atoms with van der Waals surface area (Å²) in [5.41, 5.74) is 3.44. The first kappa shape index (κ1) is 24.6. The number of ether oxygens (including phenoxy) is 1. The van der Waals surface area contributed by atoms with Crippen LogP contribution in [0.3, 0.4) is 0 Å². The third-order valence-electron chi connectivity index (χ3n) is 6.70. The summed E-state index contributed by atoms with van der Waals surface area (Å²) in [5.74, 6) is 1.20. The van der Waals surface area contributed by atoms with Crippen molar-refractivity contribution in [2.45, 2.75) is 52.6 Å². The van der Waals surface area contributed by atoms with E-state index in [0.717, 1.165) is 42.0 Å². The lowest BCUT2D eigenvalue weighted by Gasteiger charge is -2.33. The molecular formula is C27H37N3O3. The molecule has 178 valence electrons. The van der Waals surface area contributed by atoms with E-state index in [1.165, 1.54) is 0 Å². The number of methoxy groups -OCH3 is 1. The minimum Gasteiger partial charge on any atom is -0.497 e. The fourth-order valence-electron chi connectivity index (χ4n) is 3.98. The van der Waals surface area contributed by atoms with E-state index >= 15 is 0 Å². The second-order valence-corrected chi connectivity index (χ2v) is 9.50. The van der Waals surface area contributed by atoms with Crippen molar-refractivity contribution in [3.8, 4) is 5.75 Å². The molecule has 1 aliphatic carbocycles. The molecule has 0 saturated heterocycles. The van der Waals surface area contributed by atoms with E-state index in [0.29, 0.717) is 12.1 Å². The third-order valence-corrected chi connectivity index (χ3v) is 6.70. The van der Waals surface area contributed by atoms with Crippen LogP contribution in [-0.4, -0.2) is 44.0 Å². The molecular weight excluding hydrogens is 414 g/mol. The second kappa shape index (κ2) is 10.7. The lowest BCUT2D eigenvalue weighted by atomic mass is 9.85. The number of nitrogens with zero attached hydrogens (tertiary/aromatic N) is 2. The van der Waals surface area contributed by atoms with Gasteiger partial charge in [-0.2, -0.15) is 0 Å². The maximum absolute atomic E-state index is 13.6. The Morgan fingerprint density at radius 2 is 1.73 bits per heavy atom. The molecule has 2 amide bonds. The molecule has 0 spiro atoms. The van der Waals surface area contributed by atoms with Gasteiger partial charge in [-0.1, -0.05) is 20.3 Å². The highest BCUT2D eigenvalue weighted by molar-refractivity contribution is 5.95. The summed E-state index contributed by atoms with van der Waals surface area (Å²) in [4.78, 5) is 30.0. The van der Waals surface area contributed by atoms with Gasteiger partial charge in [0.15, 0.2) is 0 Å². The topological polar surface area (TPSA) is 61.9 Å². The van der Waals surface area contributed by atoms with Crippen molar-refractivity contribution in [1.82, 2.24) is 4.90 Å². The highest BCUT2D eigenvalue weighted by atomic mass is 16.5.